The smallest absolute Gasteiger partial charge is 0.412 e. The van der Waals surface area contributed by atoms with Crippen LogP contribution in [0.3, 0.4) is 0 Å². The minimum Gasteiger partial charge on any atom is -0.444 e. The SMILES string of the molecule is C[C@H](O)c1ccc(Cl)c(NC(=O)OC(C)(C)C)c1. The summed E-state index contributed by atoms with van der Waals surface area (Å²) >= 11 is 5.96. The third-order valence-corrected chi connectivity index (χ3v) is 2.44. The summed E-state index contributed by atoms with van der Waals surface area (Å²) in [5, 5.41) is 12.4. The Kier molecular flexibility index (Phi) is 4.59. The Morgan fingerprint density at radius 3 is 2.56 bits per heavy atom. The molecule has 0 unspecified atom stereocenters. The molecule has 1 rings (SSSR count). The van der Waals surface area contributed by atoms with Gasteiger partial charge in [-0.3, -0.25) is 5.32 Å². The van der Waals surface area contributed by atoms with Gasteiger partial charge < -0.3 is 9.84 Å². The number of halogens is 1. The molecule has 18 heavy (non-hydrogen) atoms. The fourth-order valence-electron chi connectivity index (χ4n) is 1.31. The fourth-order valence-corrected chi connectivity index (χ4v) is 1.48. The number of benzene rings is 1. The number of ether oxygens (including phenoxy) is 1. The molecule has 1 amide bonds. The first-order chi connectivity index (χ1) is 8.19. The molecule has 0 bridgehead atoms. The molecule has 0 spiro atoms. The third-order valence-electron chi connectivity index (χ3n) is 2.11. The molecule has 0 aliphatic rings. The third kappa shape index (κ3) is 4.55. The van der Waals surface area contributed by atoms with E-state index in [1.165, 1.54) is 0 Å². The largest absolute Gasteiger partial charge is 0.444 e. The van der Waals surface area contributed by atoms with Crippen LogP contribution in [0.2, 0.25) is 5.02 Å². The van der Waals surface area contributed by atoms with Gasteiger partial charge in [-0.05, 0) is 45.4 Å². The highest BCUT2D eigenvalue weighted by Gasteiger charge is 2.17. The van der Waals surface area contributed by atoms with Crippen molar-refractivity contribution in [1.82, 2.24) is 0 Å². The van der Waals surface area contributed by atoms with E-state index < -0.39 is 17.8 Å². The predicted octanol–water partition coefficient (Wildman–Crippen LogP) is 3.74. The molecule has 5 heteroatoms. The molecule has 0 heterocycles. The van der Waals surface area contributed by atoms with E-state index >= 15 is 0 Å². The maximum Gasteiger partial charge on any atom is 0.412 e. The number of anilines is 1. The summed E-state index contributed by atoms with van der Waals surface area (Å²) < 4.78 is 5.13. The van der Waals surface area contributed by atoms with Gasteiger partial charge in [0.2, 0.25) is 0 Å². The van der Waals surface area contributed by atoms with E-state index in [4.69, 9.17) is 16.3 Å². The highest BCUT2D eigenvalue weighted by molar-refractivity contribution is 6.33. The number of aliphatic hydroxyl groups is 1. The van der Waals surface area contributed by atoms with E-state index in [1.807, 2.05) is 0 Å². The predicted molar refractivity (Wildman–Crippen MR) is 71.9 cm³/mol. The lowest BCUT2D eigenvalue weighted by atomic mass is 10.1. The minimum atomic E-state index is -0.624. The van der Waals surface area contributed by atoms with Crippen molar-refractivity contribution in [2.75, 3.05) is 5.32 Å². The molecule has 1 atom stereocenters. The van der Waals surface area contributed by atoms with Gasteiger partial charge >= 0.3 is 6.09 Å². The van der Waals surface area contributed by atoms with E-state index in [0.29, 0.717) is 16.3 Å². The highest BCUT2D eigenvalue weighted by Crippen LogP contribution is 2.26. The fraction of sp³-hybridized carbons (Fsp3) is 0.462. The van der Waals surface area contributed by atoms with Crippen molar-refractivity contribution < 1.29 is 14.6 Å². The maximum atomic E-state index is 11.6. The Bertz CT molecular complexity index is 438. The van der Waals surface area contributed by atoms with Crippen molar-refractivity contribution in [2.45, 2.75) is 39.4 Å². The second-order valence-corrected chi connectivity index (χ2v) is 5.45. The Labute approximate surface area is 112 Å². The number of carbonyl (C=O) groups is 1. The van der Waals surface area contributed by atoms with Gasteiger partial charge in [-0.25, -0.2) is 4.79 Å². The summed E-state index contributed by atoms with van der Waals surface area (Å²) in [5.74, 6) is 0. The van der Waals surface area contributed by atoms with Crippen LogP contribution in [-0.4, -0.2) is 16.8 Å². The van der Waals surface area contributed by atoms with Crippen LogP contribution < -0.4 is 5.32 Å². The lowest BCUT2D eigenvalue weighted by Crippen LogP contribution is -2.27. The first-order valence-electron chi connectivity index (χ1n) is 5.66. The van der Waals surface area contributed by atoms with Crippen LogP contribution in [0, 0.1) is 0 Å². The lowest BCUT2D eigenvalue weighted by Gasteiger charge is -2.20. The van der Waals surface area contributed by atoms with Crippen LogP contribution in [0.1, 0.15) is 39.4 Å². The van der Waals surface area contributed by atoms with Gasteiger partial charge in [-0.2, -0.15) is 0 Å². The number of hydrogen-bond acceptors (Lipinski definition) is 3. The zero-order valence-corrected chi connectivity index (χ0v) is 11.7. The standard InChI is InChI=1S/C13H18ClNO3/c1-8(16)9-5-6-10(14)11(7-9)15-12(17)18-13(2,3)4/h5-8,16H,1-4H3,(H,15,17)/t8-/m0/s1. The molecule has 0 saturated carbocycles. The molecule has 0 aromatic heterocycles. The van der Waals surface area contributed by atoms with Crippen molar-refractivity contribution in [3.8, 4) is 0 Å². The average molecular weight is 272 g/mol. The number of aliphatic hydroxyl groups excluding tert-OH is 1. The minimum absolute atomic E-state index is 0.394. The number of nitrogens with one attached hydrogen (secondary N) is 1. The summed E-state index contributed by atoms with van der Waals surface area (Å²) in [6.45, 7) is 6.97. The molecule has 1 aromatic carbocycles. The van der Waals surface area contributed by atoms with Crippen LogP contribution in [0.15, 0.2) is 18.2 Å². The van der Waals surface area contributed by atoms with Crippen LogP contribution in [-0.2, 0) is 4.74 Å². The Balaban J connectivity index is 2.84. The van der Waals surface area contributed by atoms with Gasteiger partial charge in [-0.15, -0.1) is 0 Å². The highest BCUT2D eigenvalue weighted by atomic mass is 35.5. The average Bonchev–Trinajstić information content (AvgIpc) is 2.18. The molecule has 2 N–H and O–H groups in total. The topological polar surface area (TPSA) is 58.6 Å². The monoisotopic (exact) mass is 271 g/mol. The maximum absolute atomic E-state index is 11.6. The summed E-state index contributed by atoms with van der Waals surface area (Å²) in [5.41, 5.74) is 0.521. The quantitative estimate of drug-likeness (QED) is 0.861. The van der Waals surface area contributed by atoms with Crippen LogP contribution >= 0.6 is 11.6 Å². The second kappa shape index (κ2) is 5.59. The zero-order chi connectivity index (χ0) is 13.9. The van der Waals surface area contributed by atoms with Crippen LogP contribution in [0.5, 0.6) is 0 Å². The van der Waals surface area contributed by atoms with Gasteiger partial charge in [0.15, 0.2) is 0 Å². The van der Waals surface area contributed by atoms with Crippen molar-refractivity contribution in [1.29, 1.82) is 0 Å². The Morgan fingerprint density at radius 1 is 1.44 bits per heavy atom. The van der Waals surface area contributed by atoms with E-state index in [0.717, 1.165) is 0 Å². The first kappa shape index (κ1) is 14.8. The molecule has 0 aliphatic carbocycles. The number of hydrogen-bond donors (Lipinski definition) is 2. The van der Waals surface area contributed by atoms with Crippen molar-refractivity contribution >= 4 is 23.4 Å². The Morgan fingerprint density at radius 2 is 2.06 bits per heavy atom. The number of rotatable bonds is 2. The van der Waals surface area contributed by atoms with Gasteiger partial charge in [-0.1, -0.05) is 17.7 Å². The summed E-state index contributed by atoms with van der Waals surface area (Å²) in [7, 11) is 0. The Hall–Kier alpha value is -1.26. The molecule has 0 aliphatic heterocycles. The van der Waals surface area contributed by atoms with Gasteiger partial charge in [0.25, 0.3) is 0 Å². The van der Waals surface area contributed by atoms with Crippen molar-refractivity contribution in [3.05, 3.63) is 28.8 Å². The van der Waals surface area contributed by atoms with Crippen molar-refractivity contribution in [2.24, 2.45) is 0 Å². The first-order valence-corrected chi connectivity index (χ1v) is 6.04. The normalized spacial score (nSPS) is 13.0. The van der Waals surface area contributed by atoms with E-state index in [2.05, 4.69) is 5.32 Å². The van der Waals surface area contributed by atoms with Crippen molar-refractivity contribution in [3.63, 3.8) is 0 Å². The number of amides is 1. The molecule has 100 valence electrons. The molecule has 1 aromatic rings. The molecule has 4 nitrogen and oxygen atoms in total. The molecular formula is C13H18ClNO3. The zero-order valence-electron chi connectivity index (χ0n) is 11.0. The van der Waals surface area contributed by atoms with E-state index in [9.17, 15) is 9.90 Å². The van der Waals surface area contributed by atoms with Crippen LogP contribution in [0.4, 0.5) is 10.5 Å². The summed E-state index contributed by atoms with van der Waals surface area (Å²) in [6.07, 6.45) is -1.20. The van der Waals surface area contributed by atoms with E-state index in [-0.39, 0.29) is 0 Å². The molecule has 0 saturated heterocycles. The summed E-state index contributed by atoms with van der Waals surface area (Å²) in [4.78, 5) is 11.6. The molecule has 0 fully saturated rings. The molecule has 0 radical (unpaired) electrons. The van der Waals surface area contributed by atoms with Gasteiger partial charge in [0.1, 0.15) is 5.60 Å². The van der Waals surface area contributed by atoms with Gasteiger partial charge in [0.05, 0.1) is 16.8 Å². The second-order valence-electron chi connectivity index (χ2n) is 5.04. The lowest BCUT2D eigenvalue weighted by molar-refractivity contribution is 0.0636. The molecular weight excluding hydrogens is 254 g/mol. The van der Waals surface area contributed by atoms with E-state index in [1.54, 1.807) is 45.9 Å². The van der Waals surface area contributed by atoms with Crippen LogP contribution in [0.25, 0.3) is 0 Å². The summed E-state index contributed by atoms with van der Waals surface area (Å²) in [6, 6.07) is 4.94. The number of carbonyl (C=O) groups excluding carboxylic acids is 1. The van der Waals surface area contributed by atoms with Gasteiger partial charge in [0, 0.05) is 0 Å².